The highest BCUT2D eigenvalue weighted by molar-refractivity contribution is 7.89. The second-order valence-corrected chi connectivity index (χ2v) is 7.25. The molecule has 1 aromatic rings. The highest BCUT2D eigenvalue weighted by Crippen LogP contribution is 2.31. The normalized spacial score (nSPS) is 21.1. The van der Waals surface area contributed by atoms with Crippen LogP contribution in [0, 0.1) is 20.8 Å². The van der Waals surface area contributed by atoms with Crippen molar-refractivity contribution in [2.24, 2.45) is 0 Å². The Balaban J connectivity index is 2.58. The predicted octanol–water partition coefficient (Wildman–Crippen LogP) is 1.60. The Morgan fingerprint density at radius 1 is 1.30 bits per heavy atom. The van der Waals surface area contributed by atoms with Crippen molar-refractivity contribution >= 4 is 15.7 Å². The molecule has 0 spiro atoms. The molecule has 112 valence electrons. The quantitative estimate of drug-likeness (QED) is 0.842. The van der Waals surface area contributed by atoms with Gasteiger partial charge in [0.2, 0.25) is 10.0 Å². The molecular weight excluding hydrogens is 276 g/mol. The lowest BCUT2D eigenvalue weighted by Gasteiger charge is -2.33. The van der Waals surface area contributed by atoms with E-state index >= 15 is 0 Å². The molecule has 1 fully saturated rings. The van der Waals surface area contributed by atoms with Crippen LogP contribution in [0.25, 0.3) is 0 Å². The van der Waals surface area contributed by atoms with Crippen molar-refractivity contribution in [1.29, 1.82) is 0 Å². The highest BCUT2D eigenvalue weighted by atomic mass is 32.2. The number of ether oxygens (including phenoxy) is 1. The first kappa shape index (κ1) is 15.3. The van der Waals surface area contributed by atoms with E-state index in [0.717, 1.165) is 11.1 Å². The van der Waals surface area contributed by atoms with Crippen LogP contribution in [0.15, 0.2) is 11.0 Å². The zero-order valence-corrected chi connectivity index (χ0v) is 13.3. The van der Waals surface area contributed by atoms with Crippen molar-refractivity contribution in [2.75, 3.05) is 25.5 Å². The van der Waals surface area contributed by atoms with Gasteiger partial charge in [-0.05, 0) is 44.4 Å². The molecule has 1 aliphatic rings. The number of sulfonamides is 1. The number of nitrogens with zero attached hydrogens (tertiary/aromatic N) is 1. The molecule has 0 amide bonds. The van der Waals surface area contributed by atoms with Crippen LogP contribution in [0.1, 0.15) is 23.6 Å². The van der Waals surface area contributed by atoms with E-state index in [2.05, 4.69) is 0 Å². The fourth-order valence-corrected chi connectivity index (χ4v) is 4.81. The first-order chi connectivity index (χ1) is 9.26. The smallest absolute Gasteiger partial charge is 0.244 e. The molecule has 1 saturated heterocycles. The number of morpholine rings is 1. The minimum Gasteiger partial charge on any atom is -0.398 e. The summed E-state index contributed by atoms with van der Waals surface area (Å²) in [5, 5.41) is 0. The van der Waals surface area contributed by atoms with E-state index < -0.39 is 10.0 Å². The largest absolute Gasteiger partial charge is 0.398 e. The summed E-state index contributed by atoms with van der Waals surface area (Å²) < 4.78 is 32.7. The minimum atomic E-state index is -3.54. The zero-order chi connectivity index (χ0) is 15.1. The maximum absolute atomic E-state index is 12.9. The minimum absolute atomic E-state index is 0.157. The molecule has 2 rings (SSSR count). The molecule has 6 heteroatoms. The molecule has 0 aliphatic carbocycles. The third-order valence-electron chi connectivity index (χ3n) is 3.83. The second kappa shape index (κ2) is 5.35. The molecule has 5 nitrogen and oxygen atoms in total. The first-order valence-corrected chi connectivity index (χ1v) is 8.16. The average Bonchev–Trinajstić information content (AvgIpc) is 2.36. The van der Waals surface area contributed by atoms with Crippen molar-refractivity contribution in [3.05, 3.63) is 22.8 Å². The Labute approximate surface area is 120 Å². The van der Waals surface area contributed by atoms with Crippen LogP contribution < -0.4 is 5.73 Å². The molecule has 0 unspecified atom stereocenters. The van der Waals surface area contributed by atoms with Crippen LogP contribution in [0.2, 0.25) is 0 Å². The fourth-order valence-electron chi connectivity index (χ4n) is 2.77. The zero-order valence-electron chi connectivity index (χ0n) is 12.4. The van der Waals surface area contributed by atoms with E-state index in [9.17, 15) is 8.42 Å². The first-order valence-electron chi connectivity index (χ1n) is 6.72. The number of rotatable bonds is 2. The Morgan fingerprint density at radius 2 is 1.95 bits per heavy atom. The Kier molecular flexibility index (Phi) is 4.09. The predicted molar refractivity (Wildman–Crippen MR) is 79.2 cm³/mol. The fraction of sp³-hybridized carbons (Fsp3) is 0.571. The molecular formula is C14H22N2O3S. The summed E-state index contributed by atoms with van der Waals surface area (Å²) in [4.78, 5) is 0.342. The van der Waals surface area contributed by atoms with E-state index in [1.165, 1.54) is 4.31 Å². The number of nitrogens with two attached hydrogens (primary N) is 1. The van der Waals surface area contributed by atoms with Gasteiger partial charge in [0.05, 0.1) is 18.1 Å². The van der Waals surface area contributed by atoms with Crippen molar-refractivity contribution < 1.29 is 13.2 Å². The van der Waals surface area contributed by atoms with Gasteiger partial charge in [-0.25, -0.2) is 8.42 Å². The van der Waals surface area contributed by atoms with Crippen LogP contribution in [0.3, 0.4) is 0 Å². The van der Waals surface area contributed by atoms with Crippen LogP contribution in [-0.4, -0.2) is 38.5 Å². The van der Waals surface area contributed by atoms with Gasteiger partial charge in [-0.1, -0.05) is 6.07 Å². The van der Waals surface area contributed by atoms with E-state index in [1.807, 2.05) is 26.8 Å². The monoisotopic (exact) mass is 298 g/mol. The van der Waals surface area contributed by atoms with Gasteiger partial charge in [0.1, 0.15) is 0 Å². The van der Waals surface area contributed by atoms with Gasteiger partial charge in [-0.3, -0.25) is 0 Å². The van der Waals surface area contributed by atoms with Crippen molar-refractivity contribution in [1.82, 2.24) is 4.31 Å². The molecule has 1 aliphatic heterocycles. The number of hydrogen-bond acceptors (Lipinski definition) is 4. The highest BCUT2D eigenvalue weighted by Gasteiger charge is 2.34. The van der Waals surface area contributed by atoms with E-state index in [-0.39, 0.29) is 6.04 Å². The third kappa shape index (κ3) is 2.43. The van der Waals surface area contributed by atoms with Gasteiger partial charge >= 0.3 is 0 Å². The summed E-state index contributed by atoms with van der Waals surface area (Å²) in [6.45, 7) is 8.59. The Bertz CT molecular complexity index is 626. The third-order valence-corrected chi connectivity index (χ3v) is 6.14. The number of benzene rings is 1. The number of hydrogen-bond donors (Lipinski definition) is 1. The summed E-state index contributed by atoms with van der Waals surface area (Å²) >= 11 is 0. The van der Waals surface area contributed by atoms with Crippen LogP contribution in [0.5, 0.6) is 0 Å². The topological polar surface area (TPSA) is 72.6 Å². The number of anilines is 1. The molecule has 0 saturated carbocycles. The van der Waals surface area contributed by atoms with E-state index in [4.69, 9.17) is 10.5 Å². The lowest BCUT2D eigenvalue weighted by molar-refractivity contribution is 0.0392. The summed E-state index contributed by atoms with van der Waals surface area (Å²) in [7, 11) is -3.54. The van der Waals surface area contributed by atoms with E-state index in [1.54, 1.807) is 6.92 Å². The van der Waals surface area contributed by atoms with Crippen molar-refractivity contribution in [2.45, 2.75) is 38.6 Å². The molecule has 0 radical (unpaired) electrons. The summed E-state index contributed by atoms with van der Waals surface area (Å²) in [6.07, 6.45) is 0. The SMILES string of the molecule is Cc1cc(C)c(S(=O)(=O)N2CCOC[C@H]2C)c(C)c1N. The molecule has 0 aromatic heterocycles. The van der Waals surface area contributed by atoms with Crippen LogP contribution >= 0.6 is 0 Å². The Morgan fingerprint density at radius 3 is 2.55 bits per heavy atom. The lowest BCUT2D eigenvalue weighted by Crippen LogP contribution is -2.47. The second-order valence-electron chi connectivity index (χ2n) is 5.42. The standard InChI is InChI=1S/C14H22N2O3S/c1-9-7-10(2)14(12(4)13(9)15)20(17,18)16-5-6-19-8-11(16)3/h7,11H,5-6,8,15H2,1-4H3/t11-/m1/s1. The van der Waals surface area contributed by atoms with Gasteiger partial charge in [-0.15, -0.1) is 0 Å². The number of nitrogen functional groups attached to an aromatic ring is 1. The van der Waals surface area contributed by atoms with Gasteiger partial charge in [0.15, 0.2) is 0 Å². The summed E-state index contributed by atoms with van der Waals surface area (Å²) in [6, 6.07) is 1.68. The molecule has 1 aromatic carbocycles. The number of aryl methyl sites for hydroxylation is 2. The lowest BCUT2D eigenvalue weighted by atomic mass is 10.1. The van der Waals surface area contributed by atoms with Gasteiger partial charge in [0, 0.05) is 18.3 Å². The molecule has 1 atom stereocenters. The Hall–Kier alpha value is -1.11. The average molecular weight is 298 g/mol. The molecule has 2 N–H and O–H groups in total. The summed E-state index contributed by atoms with van der Waals surface area (Å²) in [5.74, 6) is 0. The van der Waals surface area contributed by atoms with Crippen LogP contribution in [0.4, 0.5) is 5.69 Å². The maximum Gasteiger partial charge on any atom is 0.244 e. The molecule has 20 heavy (non-hydrogen) atoms. The molecule has 1 heterocycles. The van der Waals surface area contributed by atoms with Gasteiger partial charge < -0.3 is 10.5 Å². The van der Waals surface area contributed by atoms with Gasteiger partial charge in [0.25, 0.3) is 0 Å². The maximum atomic E-state index is 12.9. The van der Waals surface area contributed by atoms with Crippen LogP contribution in [-0.2, 0) is 14.8 Å². The van der Waals surface area contributed by atoms with Gasteiger partial charge in [-0.2, -0.15) is 4.31 Å². The van der Waals surface area contributed by atoms with Crippen molar-refractivity contribution in [3.8, 4) is 0 Å². The molecule has 0 bridgehead atoms. The summed E-state index contributed by atoms with van der Waals surface area (Å²) in [5.41, 5.74) is 8.85. The van der Waals surface area contributed by atoms with E-state index in [0.29, 0.717) is 35.9 Å². The van der Waals surface area contributed by atoms with Crippen molar-refractivity contribution in [3.63, 3.8) is 0 Å².